The summed E-state index contributed by atoms with van der Waals surface area (Å²) in [6.45, 7) is 5.66. The molecule has 0 aliphatic heterocycles. The molecular weight excluding hydrogens is 146 g/mol. The molecule has 0 spiro atoms. The summed E-state index contributed by atoms with van der Waals surface area (Å²) in [7, 11) is 0. The number of aliphatic hydroxyl groups is 1. The molecule has 1 atom stereocenters. The molecule has 0 fully saturated rings. The molecule has 0 bridgehead atoms. The third kappa shape index (κ3) is 1.36. The van der Waals surface area contributed by atoms with Gasteiger partial charge in [0, 0.05) is 4.88 Å². The molecule has 1 aromatic heterocycles. The quantitative estimate of drug-likeness (QED) is 0.674. The summed E-state index contributed by atoms with van der Waals surface area (Å²) in [4.78, 5) is 5.30. The fourth-order valence-electron chi connectivity index (χ4n) is 0.933. The highest BCUT2D eigenvalue weighted by molar-refractivity contribution is 7.11. The summed E-state index contributed by atoms with van der Waals surface area (Å²) in [5.41, 5.74) is 0.822. The molecule has 0 saturated carbocycles. The number of nitrogens with zero attached hydrogens (tertiary/aromatic N) is 1. The van der Waals surface area contributed by atoms with Crippen LogP contribution in [0.5, 0.6) is 0 Å². The summed E-state index contributed by atoms with van der Waals surface area (Å²) in [5.74, 6) is 0. The van der Waals surface area contributed by atoms with E-state index in [-0.39, 0.29) is 0 Å². The lowest BCUT2D eigenvalue weighted by Crippen LogP contribution is -1.92. The molecule has 0 amide bonds. The molecule has 0 unspecified atom stereocenters. The summed E-state index contributed by atoms with van der Waals surface area (Å²) in [5, 5.41) is 10.2. The van der Waals surface area contributed by atoms with E-state index in [9.17, 15) is 0 Å². The first kappa shape index (κ1) is 7.69. The maximum absolute atomic E-state index is 9.16. The molecule has 1 aromatic rings. The average molecular weight is 157 g/mol. The topological polar surface area (TPSA) is 33.1 Å². The molecule has 2 nitrogen and oxygen atoms in total. The van der Waals surface area contributed by atoms with Crippen molar-refractivity contribution in [3.8, 4) is 0 Å². The predicted octanol–water partition coefficient (Wildman–Crippen LogP) is 1.81. The molecule has 0 aliphatic rings. The van der Waals surface area contributed by atoms with Gasteiger partial charge in [-0.3, -0.25) is 0 Å². The Balaban J connectivity index is 3.03. The molecule has 0 aromatic carbocycles. The molecule has 1 N–H and O–H groups in total. The van der Waals surface area contributed by atoms with Crippen LogP contribution in [0.1, 0.15) is 28.6 Å². The van der Waals surface area contributed by atoms with Gasteiger partial charge in [0.2, 0.25) is 0 Å². The van der Waals surface area contributed by atoms with Crippen LogP contribution in [0.2, 0.25) is 0 Å². The van der Waals surface area contributed by atoms with Crippen LogP contribution in [0.4, 0.5) is 0 Å². The van der Waals surface area contributed by atoms with Crippen molar-refractivity contribution in [2.45, 2.75) is 26.9 Å². The SMILES string of the molecule is Cc1nc([C@@H](C)O)c(C)s1. The summed E-state index contributed by atoms with van der Waals surface area (Å²) >= 11 is 1.63. The summed E-state index contributed by atoms with van der Waals surface area (Å²) in [6, 6.07) is 0. The number of thiazole rings is 1. The number of aryl methyl sites for hydroxylation is 2. The van der Waals surface area contributed by atoms with Crippen molar-refractivity contribution >= 4 is 11.3 Å². The molecule has 10 heavy (non-hydrogen) atoms. The average Bonchev–Trinajstić information content (AvgIpc) is 2.10. The molecular formula is C7H11NOS. The second kappa shape index (κ2) is 2.68. The van der Waals surface area contributed by atoms with Crippen LogP contribution in [-0.2, 0) is 0 Å². The zero-order chi connectivity index (χ0) is 7.72. The van der Waals surface area contributed by atoms with Gasteiger partial charge >= 0.3 is 0 Å². The zero-order valence-electron chi connectivity index (χ0n) is 6.38. The van der Waals surface area contributed by atoms with Crippen LogP contribution in [0.15, 0.2) is 0 Å². The van der Waals surface area contributed by atoms with E-state index in [0.29, 0.717) is 0 Å². The Morgan fingerprint density at radius 3 is 2.30 bits per heavy atom. The monoisotopic (exact) mass is 157 g/mol. The summed E-state index contributed by atoms with van der Waals surface area (Å²) in [6.07, 6.45) is -0.426. The third-order valence-corrected chi connectivity index (χ3v) is 2.24. The highest BCUT2D eigenvalue weighted by atomic mass is 32.1. The first-order valence-corrected chi connectivity index (χ1v) is 4.05. The van der Waals surface area contributed by atoms with Gasteiger partial charge in [-0.15, -0.1) is 11.3 Å². The maximum atomic E-state index is 9.16. The highest BCUT2D eigenvalue weighted by Crippen LogP contribution is 2.21. The van der Waals surface area contributed by atoms with Crippen LogP contribution in [0, 0.1) is 13.8 Å². The normalized spacial score (nSPS) is 13.6. The largest absolute Gasteiger partial charge is 0.387 e. The lowest BCUT2D eigenvalue weighted by molar-refractivity contribution is 0.194. The van der Waals surface area contributed by atoms with Crippen molar-refractivity contribution in [3.05, 3.63) is 15.6 Å². The van der Waals surface area contributed by atoms with E-state index < -0.39 is 6.10 Å². The number of hydrogen-bond donors (Lipinski definition) is 1. The molecule has 1 rings (SSSR count). The van der Waals surface area contributed by atoms with E-state index in [4.69, 9.17) is 5.11 Å². The molecule has 3 heteroatoms. The number of aromatic nitrogens is 1. The van der Waals surface area contributed by atoms with Gasteiger partial charge in [-0.05, 0) is 20.8 Å². The van der Waals surface area contributed by atoms with Crippen molar-refractivity contribution in [1.82, 2.24) is 4.98 Å². The van der Waals surface area contributed by atoms with Crippen LogP contribution in [0.25, 0.3) is 0 Å². The Kier molecular flexibility index (Phi) is 2.06. The number of aliphatic hydroxyl groups excluding tert-OH is 1. The fourth-order valence-corrected chi connectivity index (χ4v) is 1.84. The fraction of sp³-hybridized carbons (Fsp3) is 0.571. The van der Waals surface area contributed by atoms with E-state index in [1.807, 2.05) is 13.8 Å². The van der Waals surface area contributed by atoms with Gasteiger partial charge in [0.05, 0.1) is 16.8 Å². The van der Waals surface area contributed by atoms with Gasteiger partial charge in [0.25, 0.3) is 0 Å². The molecule has 0 aliphatic carbocycles. The smallest absolute Gasteiger partial charge is 0.0943 e. The Labute approximate surface area is 64.5 Å². The van der Waals surface area contributed by atoms with Crippen molar-refractivity contribution in [2.75, 3.05) is 0 Å². The van der Waals surface area contributed by atoms with E-state index in [2.05, 4.69) is 4.98 Å². The van der Waals surface area contributed by atoms with Crippen LogP contribution in [0.3, 0.4) is 0 Å². The number of hydrogen-bond acceptors (Lipinski definition) is 3. The second-order valence-corrected chi connectivity index (χ2v) is 3.76. The lowest BCUT2D eigenvalue weighted by Gasteiger charge is -1.98. The van der Waals surface area contributed by atoms with Gasteiger partial charge in [0.1, 0.15) is 0 Å². The second-order valence-electron chi connectivity index (χ2n) is 2.35. The van der Waals surface area contributed by atoms with Crippen LogP contribution < -0.4 is 0 Å². The Bertz CT molecular complexity index is 230. The van der Waals surface area contributed by atoms with Crippen molar-refractivity contribution in [2.24, 2.45) is 0 Å². The first-order chi connectivity index (χ1) is 4.61. The van der Waals surface area contributed by atoms with Crippen molar-refractivity contribution in [3.63, 3.8) is 0 Å². The van der Waals surface area contributed by atoms with Crippen LogP contribution >= 0.6 is 11.3 Å². The minimum absolute atomic E-state index is 0.426. The van der Waals surface area contributed by atoms with Crippen molar-refractivity contribution < 1.29 is 5.11 Å². The summed E-state index contributed by atoms with van der Waals surface area (Å²) < 4.78 is 0. The molecule has 56 valence electrons. The van der Waals surface area contributed by atoms with Gasteiger partial charge in [-0.25, -0.2) is 4.98 Å². The van der Waals surface area contributed by atoms with Crippen molar-refractivity contribution in [1.29, 1.82) is 0 Å². The van der Waals surface area contributed by atoms with E-state index >= 15 is 0 Å². The predicted molar refractivity (Wildman–Crippen MR) is 42.2 cm³/mol. The standard InChI is InChI=1S/C7H11NOS/c1-4(9)7-5(2)10-6(3)8-7/h4,9H,1-3H3/t4-/m1/s1. The minimum Gasteiger partial charge on any atom is -0.387 e. The first-order valence-electron chi connectivity index (χ1n) is 3.23. The van der Waals surface area contributed by atoms with Gasteiger partial charge in [-0.2, -0.15) is 0 Å². The Morgan fingerprint density at radius 2 is 2.10 bits per heavy atom. The minimum atomic E-state index is -0.426. The van der Waals surface area contributed by atoms with Gasteiger partial charge in [-0.1, -0.05) is 0 Å². The zero-order valence-corrected chi connectivity index (χ0v) is 7.20. The highest BCUT2D eigenvalue weighted by Gasteiger charge is 2.08. The van der Waals surface area contributed by atoms with E-state index in [1.54, 1.807) is 18.3 Å². The van der Waals surface area contributed by atoms with E-state index in [1.165, 1.54) is 0 Å². The maximum Gasteiger partial charge on any atom is 0.0943 e. The Hall–Kier alpha value is -0.410. The Morgan fingerprint density at radius 1 is 1.50 bits per heavy atom. The molecule has 0 radical (unpaired) electrons. The molecule has 0 saturated heterocycles. The lowest BCUT2D eigenvalue weighted by atomic mass is 10.3. The third-order valence-electron chi connectivity index (χ3n) is 1.34. The molecule has 1 heterocycles. The van der Waals surface area contributed by atoms with Gasteiger partial charge < -0.3 is 5.11 Å². The van der Waals surface area contributed by atoms with Gasteiger partial charge in [0.15, 0.2) is 0 Å². The van der Waals surface area contributed by atoms with Crippen LogP contribution in [-0.4, -0.2) is 10.1 Å². The van der Waals surface area contributed by atoms with E-state index in [0.717, 1.165) is 15.6 Å². The number of rotatable bonds is 1.